The van der Waals surface area contributed by atoms with Crippen LogP contribution in [0, 0.1) is 0 Å². The number of para-hydroxylation sites is 1. The number of hydrogen-bond acceptors (Lipinski definition) is 4. The van der Waals surface area contributed by atoms with E-state index >= 15 is 0 Å². The summed E-state index contributed by atoms with van der Waals surface area (Å²) in [5.74, 6) is 0.0982. The minimum atomic E-state index is -3.21. The van der Waals surface area contributed by atoms with E-state index in [0.717, 1.165) is 5.56 Å². The van der Waals surface area contributed by atoms with Gasteiger partial charge < -0.3 is 5.32 Å². The number of aromatic nitrogens is 1. The van der Waals surface area contributed by atoms with Crippen molar-refractivity contribution < 1.29 is 8.42 Å². The van der Waals surface area contributed by atoms with Crippen molar-refractivity contribution in [2.24, 2.45) is 0 Å². The van der Waals surface area contributed by atoms with Gasteiger partial charge in [0.15, 0.2) is 9.84 Å². The quantitative estimate of drug-likeness (QED) is 0.911. The van der Waals surface area contributed by atoms with E-state index in [1.807, 2.05) is 18.2 Å². The molecule has 1 aromatic heterocycles. The highest BCUT2D eigenvalue weighted by atomic mass is 32.2. The summed E-state index contributed by atoms with van der Waals surface area (Å²) >= 11 is 0. The molecule has 1 heterocycles. The van der Waals surface area contributed by atoms with Crippen molar-refractivity contribution in [1.82, 2.24) is 4.98 Å². The van der Waals surface area contributed by atoms with Crippen LogP contribution in [0.3, 0.4) is 0 Å². The van der Waals surface area contributed by atoms with Crippen molar-refractivity contribution in [1.29, 1.82) is 0 Å². The zero-order chi connectivity index (χ0) is 13.7. The van der Waals surface area contributed by atoms with Crippen LogP contribution in [0.1, 0.15) is 12.5 Å². The minimum absolute atomic E-state index is 0.0982. The third-order valence-electron chi connectivity index (χ3n) is 2.83. The van der Waals surface area contributed by atoms with E-state index in [-0.39, 0.29) is 5.75 Å². The average molecular weight is 276 g/mol. The Bertz CT molecular complexity index is 640. The van der Waals surface area contributed by atoms with Crippen LogP contribution in [0.4, 0.5) is 5.69 Å². The lowest BCUT2D eigenvalue weighted by Crippen LogP contribution is -2.09. The summed E-state index contributed by atoms with van der Waals surface area (Å²) < 4.78 is 24.0. The Morgan fingerprint density at radius 2 is 1.79 bits per heavy atom. The van der Waals surface area contributed by atoms with Crippen LogP contribution in [-0.2, 0) is 16.4 Å². The summed E-state index contributed by atoms with van der Waals surface area (Å²) in [7, 11) is -3.21. The topological polar surface area (TPSA) is 59.1 Å². The Kier molecular flexibility index (Phi) is 4.16. The summed E-state index contributed by atoms with van der Waals surface area (Å²) in [5.41, 5.74) is 1.69. The van der Waals surface area contributed by atoms with E-state index in [4.69, 9.17) is 0 Å². The standard InChI is InChI=1S/C14H16N2O2S/c1-2-19(17,18)14-6-4-3-5-13(14)16-11-12-7-9-15-10-8-12/h3-10,16H,2,11H2,1H3. The average Bonchev–Trinajstić information content (AvgIpc) is 2.46. The predicted molar refractivity (Wildman–Crippen MR) is 75.7 cm³/mol. The molecule has 0 amide bonds. The van der Waals surface area contributed by atoms with Crippen molar-refractivity contribution in [2.45, 2.75) is 18.4 Å². The first kappa shape index (κ1) is 13.5. The molecule has 0 aliphatic carbocycles. The zero-order valence-corrected chi connectivity index (χ0v) is 11.5. The molecule has 0 spiro atoms. The highest BCUT2D eigenvalue weighted by Gasteiger charge is 2.15. The number of anilines is 1. The van der Waals surface area contributed by atoms with E-state index < -0.39 is 9.84 Å². The van der Waals surface area contributed by atoms with E-state index in [1.54, 1.807) is 37.5 Å². The van der Waals surface area contributed by atoms with E-state index in [2.05, 4.69) is 10.3 Å². The second-order valence-electron chi connectivity index (χ2n) is 4.11. The SMILES string of the molecule is CCS(=O)(=O)c1ccccc1NCc1ccncc1. The first-order chi connectivity index (χ1) is 9.13. The fourth-order valence-electron chi connectivity index (χ4n) is 1.74. The van der Waals surface area contributed by atoms with Gasteiger partial charge in [-0.2, -0.15) is 0 Å². The molecule has 0 aliphatic heterocycles. The highest BCUT2D eigenvalue weighted by molar-refractivity contribution is 7.91. The number of nitrogens with one attached hydrogen (secondary N) is 1. The molecule has 0 fully saturated rings. The van der Waals surface area contributed by atoms with Crippen molar-refractivity contribution >= 4 is 15.5 Å². The minimum Gasteiger partial charge on any atom is -0.380 e. The first-order valence-electron chi connectivity index (χ1n) is 6.08. The Labute approximate surface area is 113 Å². The van der Waals surface area contributed by atoms with E-state index in [0.29, 0.717) is 17.1 Å². The highest BCUT2D eigenvalue weighted by Crippen LogP contribution is 2.22. The molecule has 5 heteroatoms. The maximum Gasteiger partial charge on any atom is 0.180 e. The maximum absolute atomic E-state index is 12.0. The van der Waals surface area contributed by atoms with Gasteiger partial charge in [0.05, 0.1) is 16.3 Å². The van der Waals surface area contributed by atoms with Crippen LogP contribution in [0.5, 0.6) is 0 Å². The van der Waals surface area contributed by atoms with Crippen molar-refractivity contribution in [3.63, 3.8) is 0 Å². The van der Waals surface area contributed by atoms with Crippen molar-refractivity contribution in [3.8, 4) is 0 Å². The maximum atomic E-state index is 12.0. The molecule has 0 saturated carbocycles. The third kappa shape index (κ3) is 3.32. The first-order valence-corrected chi connectivity index (χ1v) is 7.73. The monoisotopic (exact) mass is 276 g/mol. The van der Waals surface area contributed by atoms with Gasteiger partial charge in [0.2, 0.25) is 0 Å². The van der Waals surface area contributed by atoms with E-state index in [1.165, 1.54) is 0 Å². The molecule has 100 valence electrons. The molecule has 0 radical (unpaired) electrons. The fraction of sp³-hybridized carbons (Fsp3) is 0.214. The van der Waals surface area contributed by atoms with Gasteiger partial charge in [0.1, 0.15) is 0 Å². The number of sulfone groups is 1. The van der Waals surface area contributed by atoms with Crippen molar-refractivity contribution in [3.05, 3.63) is 54.4 Å². The van der Waals surface area contributed by atoms with Gasteiger partial charge in [0, 0.05) is 18.9 Å². The lowest BCUT2D eigenvalue weighted by molar-refractivity contribution is 0.597. The van der Waals surface area contributed by atoms with Crippen LogP contribution in [0.15, 0.2) is 53.7 Å². The predicted octanol–water partition coefficient (Wildman–Crippen LogP) is 2.49. The molecule has 2 rings (SSSR count). The van der Waals surface area contributed by atoms with Gasteiger partial charge >= 0.3 is 0 Å². The lowest BCUT2D eigenvalue weighted by atomic mass is 10.2. The molecule has 0 saturated heterocycles. The molecule has 0 aliphatic rings. The lowest BCUT2D eigenvalue weighted by Gasteiger charge is -2.11. The Morgan fingerprint density at radius 1 is 1.11 bits per heavy atom. The second kappa shape index (κ2) is 5.84. The van der Waals surface area contributed by atoms with Crippen LogP contribution < -0.4 is 5.32 Å². The van der Waals surface area contributed by atoms with Crippen LogP contribution >= 0.6 is 0 Å². The smallest absolute Gasteiger partial charge is 0.180 e. The summed E-state index contributed by atoms with van der Waals surface area (Å²) in [6.07, 6.45) is 3.43. The second-order valence-corrected chi connectivity index (χ2v) is 6.36. The van der Waals surface area contributed by atoms with Gasteiger partial charge in [-0.3, -0.25) is 4.98 Å². The number of rotatable bonds is 5. The molecular weight excluding hydrogens is 260 g/mol. The molecule has 0 unspecified atom stereocenters. The molecule has 0 bridgehead atoms. The molecular formula is C14H16N2O2S. The summed E-state index contributed by atoms with van der Waals surface area (Å²) in [6.45, 7) is 2.22. The third-order valence-corrected chi connectivity index (χ3v) is 4.62. The fourth-order valence-corrected chi connectivity index (χ4v) is 2.81. The van der Waals surface area contributed by atoms with E-state index in [9.17, 15) is 8.42 Å². The summed E-state index contributed by atoms with van der Waals surface area (Å²) in [6, 6.07) is 10.8. The van der Waals surface area contributed by atoms with Gasteiger partial charge in [-0.15, -0.1) is 0 Å². The molecule has 0 atom stereocenters. The van der Waals surface area contributed by atoms with Gasteiger partial charge in [-0.25, -0.2) is 8.42 Å². The molecule has 1 N–H and O–H groups in total. The number of nitrogens with zero attached hydrogens (tertiary/aromatic N) is 1. The van der Waals surface area contributed by atoms with Crippen molar-refractivity contribution in [2.75, 3.05) is 11.1 Å². The normalized spacial score (nSPS) is 11.2. The summed E-state index contributed by atoms with van der Waals surface area (Å²) in [4.78, 5) is 4.30. The largest absolute Gasteiger partial charge is 0.380 e. The number of hydrogen-bond donors (Lipinski definition) is 1. The number of pyridine rings is 1. The molecule has 19 heavy (non-hydrogen) atoms. The Hall–Kier alpha value is -1.88. The van der Waals surface area contributed by atoms with Gasteiger partial charge in [0.25, 0.3) is 0 Å². The molecule has 2 aromatic rings. The van der Waals surface area contributed by atoms with Crippen LogP contribution in [-0.4, -0.2) is 19.2 Å². The van der Waals surface area contributed by atoms with Gasteiger partial charge in [-0.1, -0.05) is 19.1 Å². The molecule has 4 nitrogen and oxygen atoms in total. The molecule has 1 aromatic carbocycles. The zero-order valence-electron chi connectivity index (χ0n) is 10.7. The Balaban J connectivity index is 2.22. The number of benzene rings is 1. The Morgan fingerprint density at radius 3 is 2.47 bits per heavy atom. The summed E-state index contributed by atoms with van der Waals surface area (Å²) in [5, 5.41) is 3.16. The van der Waals surface area contributed by atoms with Crippen LogP contribution in [0.25, 0.3) is 0 Å². The van der Waals surface area contributed by atoms with Gasteiger partial charge in [-0.05, 0) is 29.8 Å². The van der Waals surface area contributed by atoms with Crippen LogP contribution in [0.2, 0.25) is 0 Å².